The Morgan fingerprint density at radius 1 is 1.41 bits per heavy atom. The molecule has 1 aromatic rings. The molecule has 2 N–H and O–H groups in total. The summed E-state index contributed by atoms with van der Waals surface area (Å²) < 4.78 is 1.14. The fourth-order valence-electron chi connectivity index (χ4n) is 1.42. The average molecular weight is 318 g/mol. The van der Waals surface area contributed by atoms with Gasteiger partial charge < -0.3 is 10.4 Å². The molecule has 0 aliphatic rings. The van der Waals surface area contributed by atoms with Gasteiger partial charge in [-0.05, 0) is 30.2 Å². The third kappa shape index (κ3) is 5.91. The number of rotatable bonds is 7. The summed E-state index contributed by atoms with van der Waals surface area (Å²) >= 11 is 5.26. The van der Waals surface area contributed by atoms with Crippen LogP contribution in [-0.4, -0.2) is 24.0 Å². The van der Waals surface area contributed by atoms with Gasteiger partial charge in [-0.1, -0.05) is 35.8 Å². The van der Waals surface area contributed by atoms with Gasteiger partial charge in [-0.25, -0.2) is 0 Å². The molecule has 0 saturated heterocycles. The Morgan fingerprint density at radius 3 is 2.76 bits per heavy atom. The number of aliphatic hydroxyl groups excluding tert-OH is 1. The van der Waals surface area contributed by atoms with Gasteiger partial charge >= 0.3 is 0 Å². The van der Waals surface area contributed by atoms with Crippen molar-refractivity contribution in [3.8, 4) is 0 Å². The van der Waals surface area contributed by atoms with Crippen molar-refractivity contribution < 1.29 is 5.11 Å². The van der Waals surface area contributed by atoms with Crippen LogP contribution < -0.4 is 5.32 Å². The molecule has 0 amide bonds. The molecule has 0 radical (unpaired) electrons. The Morgan fingerprint density at radius 2 is 2.18 bits per heavy atom. The minimum atomic E-state index is 0.222. The van der Waals surface area contributed by atoms with Crippen LogP contribution in [0.1, 0.15) is 19.4 Å². The maximum Gasteiger partial charge on any atom is 0.0525 e. The highest BCUT2D eigenvalue weighted by atomic mass is 79.9. The van der Waals surface area contributed by atoms with Crippen LogP contribution >= 0.6 is 27.7 Å². The van der Waals surface area contributed by atoms with Crippen molar-refractivity contribution in [1.82, 2.24) is 5.32 Å². The first-order chi connectivity index (χ1) is 8.13. The molecule has 0 saturated carbocycles. The number of halogens is 1. The van der Waals surface area contributed by atoms with Crippen LogP contribution in [0.25, 0.3) is 0 Å². The maximum atomic E-state index is 8.78. The Bertz CT molecular complexity index is 344. The van der Waals surface area contributed by atoms with Crippen molar-refractivity contribution in [2.75, 3.05) is 18.9 Å². The summed E-state index contributed by atoms with van der Waals surface area (Å²) in [7, 11) is 0. The monoisotopic (exact) mass is 317 g/mol. The normalized spacial score (nSPS) is 11.1. The van der Waals surface area contributed by atoms with E-state index in [1.807, 2.05) is 0 Å². The van der Waals surface area contributed by atoms with Crippen molar-refractivity contribution in [2.45, 2.75) is 25.3 Å². The quantitative estimate of drug-likeness (QED) is 0.757. The molecule has 1 aromatic carbocycles. The SMILES string of the molecule is CC(C)CNCc1ccc(SCCO)cc1Br. The summed E-state index contributed by atoms with van der Waals surface area (Å²) in [6, 6.07) is 6.36. The van der Waals surface area contributed by atoms with Crippen molar-refractivity contribution in [3.63, 3.8) is 0 Å². The smallest absolute Gasteiger partial charge is 0.0525 e. The number of benzene rings is 1. The highest BCUT2D eigenvalue weighted by Gasteiger charge is 2.02. The van der Waals surface area contributed by atoms with Crippen molar-refractivity contribution >= 4 is 27.7 Å². The molecule has 0 bridgehead atoms. The third-order valence-electron chi connectivity index (χ3n) is 2.25. The van der Waals surface area contributed by atoms with E-state index < -0.39 is 0 Å². The standard InChI is InChI=1S/C13H20BrNOS/c1-10(2)8-15-9-11-3-4-12(7-13(11)14)17-6-5-16/h3-4,7,10,15-16H,5-6,8-9H2,1-2H3. The number of hydrogen-bond acceptors (Lipinski definition) is 3. The molecule has 0 aliphatic carbocycles. The van der Waals surface area contributed by atoms with Gasteiger partial charge in [0.25, 0.3) is 0 Å². The van der Waals surface area contributed by atoms with E-state index in [4.69, 9.17) is 5.11 Å². The Kier molecular flexibility index (Phi) is 7.19. The molecular formula is C13H20BrNOS. The van der Waals surface area contributed by atoms with Crippen LogP contribution in [0, 0.1) is 5.92 Å². The predicted molar refractivity (Wildman–Crippen MR) is 78.5 cm³/mol. The second-order valence-electron chi connectivity index (χ2n) is 4.35. The second-order valence-corrected chi connectivity index (χ2v) is 6.37. The van der Waals surface area contributed by atoms with Crippen LogP contribution in [0.2, 0.25) is 0 Å². The van der Waals surface area contributed by atoms with Gasteiger partial charge in [0.2, 0.25) is 0 Å². The lowest BCUT2D eigenvalue weighted by Crippen LogP contribution is -2.19. The lowest BCUT2D eigenvalue weighted by molar-refractivity contribution is 0.322. The van der Waals surface area contributed by atoms with Crippen LogP contribution in [0.15, 0.2) is 27.6 Å². The summed E-state index contributed by atoms with van der Waals surface area (Å²) in [5, 5.41) is 12.2. The van der Waals surface area contributed by atoms with E-state index in [0.717, 1.165) is 23.3 Å². The molecule has 0 fully saturated rings. The number of aliphatic hydroxyl groups is 1. The zero-order valence-electron chi connectivity index (χ0n) is 10.4. The lowest BCUT2D eigenvalue weighted by atomic mass is 10.2. The van der Waals surface area contributed by atoms with Gasteiger partial charge in [-0.2, -0.15) is 0 Å². The van der Waals surface area contributed by atoms with Gasteiger partial charge in [0.1, 0.15) is 0 Å². The second kappa shape index (κ2) is 8.14. The number of hydrogen-bond donors (Lipinski definition) is 2. The molecule has 0 aliphatic heterocycles. The molecule has 4 heteroatoms. The van der Waals surface area contributed by atoms with E-state index in [1.165, 1.54) is 10.5 Å². The van der Waals surface area contributed by atoms with Gasteiger partial charge in [0, 0.05) is 21.7 Å². The van der Waals surface area contributed by atoms with Crippen molar-refractivity contribution in [2.24, 2.45) is 5.92 Å². The molecule has 2 nitrogen and oxygen atoms in total. The maximum absolute atomic E-state index is 8.78. The van der Waals surface area contributed by atoms with E-state index in [9.17, 15) is 0 Å². The first kappa shape index (κ1) is 15.0. The number of thioether (sulfide) groups is 1. The molecule has 0 heterocycles. The molecule has 0 aromatic heterocycles. The van der Waals surface area contributed by atoms with Gasteiger partial charge in [-0.3, -0.25) is 0 Å². The summed E-state index contributed by atoms with van der Waals surface area (Å²) in [6.07, 6.45) is 0. The lowest BCUT2D eigenvalue weighted by Gasteiger charge is -2.10. The zero-order valence-corrected chi connectivity index (χ0v) is 12.8. The van der Waals surface area contributed by atoms with Crippen LogP contribution in [0.3, 0.4) is 0 Å². The third-order valence-corrected chi connectivity index (χ3v) is 3.96. The minimum Gasteiger partial charge on any atom is -0.396 e. The molecule has 96 valence electrons. The largest absolute Gasteiger partial charge is 0.396 e. The Balaban J connectivity index is 2.50. The van der Waals surface area contributed by atoms with E-state index in [1.54, 1.807) is 11.8 Å². The van der Waals surface area contributed by atoms with Gasteiger partial charge in [0.15, 0.2) is 0 Å². The first-order valence-corrected chi connectivity index (χ1v) is 7.64. The summed E-state index contributed by atoms with van der Waals surface area (Å²) in [4.78, 5) is 1.19. The van der Waals surface area contributed by atoms with E-state index in [0.29, 0.717) is 5.92 Å². The van der Waals surface area contributed by atoms with Crippen LogP contribution in [0.5, 0.6) is 0 Å². The Hall–Kier alpha value is -0.0300. The highest BCUT2D eigenvalue weighted by Crippen LogP contribution is 2.25. The van der Waals surface area contributed by atoms with Crippen LogP contribution in [0.4, 0.5) is 0 Å². The molecule has 0 atom stereocenters. The highest BCUT2D eigenvalue weighted by molar-refractivity contribution is 9.10. The fourth-order valence-corrected chi connectivity index (χ4v) is 2.78. The zero-order chi connectivity index (χ0) is 12.7. The Labute approximate surface area is 116 Å². The van der Waals surface area contributed by atoms with Gasteiger partial charge in [0.05, 0.1) is 6.61 Å². The molecule has 0 unspecified atom stereocenters. The molecule has 0 spiro atoms. The minimum absolute atomic E-state index is 0.222. The van der Waals surface area contributed by atoms with Crippen LogP contribution in [-0.2, 0) is 6.54 Å². The van der Waals surface area contributed by atoms with E-state index >= 15 is 0 Å². The number of nitrogens with one attached hydrogen (secondary N) is 1. The summed E-state index contributed by atoms with van der Waals surface area (Å²) in [5.74, 6) is 1.42. The molecule has 17 heavy (non-hydrogen) atoms. The van der Waals surface area contributed by atoms with Crippen molar-refractivity contribution in [1.29, 1.82) is 0 Å². The summed E-state index contributed by atoms with van der Waals surface area (Å²) in [6.45, 7) is 6.56. The van der Waals surface area contributed by atoms with E-state index in [2.05, 4.69) is 53.3 Å². The molecular weight excluding hydrogens is 298 g/mol. The first-order valence-electron chi connectivity index (χ1n) is 5.86. The van der Waals surface area contributed by atoms with Crippen molar-refractivity contribution in [3.05, 3.63) is 28.2 Å². The van der Waals surface area contributed by atoms with Gasteiger partial charge in [-0.15, -0.1) is 11.8 Å². The van der Waals surface area contributed by atoms with E-state index in [-0.39, 0.29) is 6.61 Å². The molecule has 1 rings (SSSR count). The summed E-state index contributed by atoms with van der Waals surface area (Å²) in [5.41, 5.74) is 1.28. The predicted octanol–water partition coefficient (Wildman–Crippen LogP) is 3.28. The topological polar surface area (TPSA) is 32.3 Å². The fraction of sp³-hybridized carbons (Fsp3) is 0.538. The average Bonchev–Trinajstić information content (AvgIpc) is 2.28.